The third kappa shape index (κ3) is 15.8. The molecule has 0 saturated heterocycles. The molecule has 9 N–H and O–H groups in total. The van der Waals surface area contributed by atoms with Crippen molar-refractivity contribution in [2.75, 3.05) is 32.7 Å². The molecule has 3 rings (SSSR count). The van der Waals surface area contributed by atoms with Gasteiger partial charge in [-0.05, 0) is 62.8 Å². The molecule has 15 heteroatoms. The highest BCUT2D eigenvalue weighted by Gasteiger charge is 2.40. The summed E-state index contributed by atoms with van der Waals surface area (Å²) in [6.07, 6.45) is -2.98. The quantitative estimate of drug-likeness (QED) is 0.146. The van der Waals surface area contributed by atoms with Crippen molar-refractivity contribution in [3.63, 3.8) is 0 Å². The number of nitrogens with two attached hydrogens (primary N) is 3. The summed E-state index contributed by atoms with van der Waals surface area (Å²) in [5.41, 5.74) is 19.0. The van der Waals surface area contributed by atoms with Crippen molar-refractivity contribution in [1.82, 2.24) is 15.5 Å². The number of likely N-dealkylation sites (N-methyl/N-ethyl adjacent to an activating group) is 1. The summed E-state index contributed by atoms with van der Waals surface area (Å²) in [4.78, 5) is 35.0. The Morgan fingerprint density at radius 2 is 1.66 bits per heavy atom. The van der Waals surface area contributed by atoms with E-state index in [1.807, 2.05) is 52.8 Å². The van der Waals surface area contributed by atoms with Gasteiger partial charge in [-0.2, -0.15) is 13.2 Å². The minimum absolute atomic E-state index is 0.0642. The van der Waals surface area contributed by atoms with Gasteiger partial charge in [-0.15, -0.1) is 0 Å². The van der Waals surface area contributed by atoms with E-state index in [0.29, 0.717) is 52.1 Å². The van der Waals surface area contributed by atoms with Crippen LogP contribution in [0.5, 0.6) is 0 Å². The van der Waals surface area contributed by atoms with E-state index in [1.54, 1.807) is 11.8 Å². The fourth-order valence-electron chi connectivity index (χ4n) is 4.30. The van der Waals surface area contributed by atoms with Crippen LogP contribution in [0, 0.1) is 6.92 Å². The molecular formula is C32H52BF3N6O5. The lowest BCUT2D eigenvalue weighted by molar-refractivity contribution is -0.137. The zero-order chi connectivity index (χ0) is 36.2. The van der Waals surface area contributed by atoms with Crippen LogP contribution in [0.4, 0.5) is 13.2 Å². The summed E-state index contributed by atoms with van der Waals surface area (Å²) < 4.78 is 41.2. The van der Waals surface area contributed by atoms with Gasteiger partial charge in [0.15, 0.2) is 0 Å². The van der Waals surface area contributed by atoms with Crippen molar-refractivity contribution in [3.05, 3.63) is 64.7 Å². The first-order valence-corrected chi connectivity index (χ1v) is 15.6. The van der Waals surface area contributed by atoms with E-state index in [1.165, 1.54) is 12.1 Å². The van der Waals surface area contributed by atoms with E-state index >= 15 is 0 Å². The minimum atomic E-state index is -4.21. The van der Waals surface area contributed by atoms with E-state index in [0.717, 1.165) is 34.3 Å². The van der Waals surface area contributed by atoms with Gasteiger partial charge >= 0.3 is 13.3 Å². The van der Waals surface area contributed by atoms with Gasteiger partial charge in [-0.1, -0.05) is 49.7 Å². The lowest BCUT2D eigenvalue weighted by Gasteiger charge is -2.21. The lowest BCUT2D eigenvalue weighted by Crippen LogP contribution is -2.43. The predicted molar refractivity (Wildman–Crippen MR) is 179 cm³/mol. The van der Waals surface area contributed by atoms with E-state index < -0.39 is 30.5 Å². The van der Waals surface area contributed by atoms with Crippen molar-refractivity contribution in [2.45, 2.75) is 78.7 Å². The molecule has 11 nitrogen and oxygen atoms in total. The van der Waals surface area contributed by atoms with Crippen molar-refractivity contribution >= 4 is 30.8 Å². The highest BCUT2D eigenvalue weighted by Crippen LogP contribution is 2.30. The molecule has 2 aromatic rings. The zero-order valence-electron chi connectivity index (χ0n) is 28.3. The molecule has 264 valence electrons. The van der Waals surface area contributed by atoms with Crippen LogP contribution >= 0.6 is 0 Å². The molecule has 2 aromatic carbocycles. The maximum atomic E-state index is 11.9. The van der Waals surface area contributed by atoms with Gasteiger partial charge in [0.1, 0.15) is 0 Å². The summed E-state index contributed by atoms with van der Waals surface area (Å²) in [5, 5.41) is 14.9. The number of halogens is 3. The molecular weight excluding hydrogens is 616 g/mol. The Bertz CT molecular complexity index is 1210. The molecule has 0 spiro atoms. The smallest absolute Gasteiger partial charge is 0.423 e. The molecule has 1 aliphatic rings. The number of nitrogens with zero attached hydrogens (tertiary/aromatic N) is 1. The van der Waals surface area contributed by atoms with Gasteiger partial charge in [0.2, 0.25) is 18.2 Å². The average molecular weight is 669 g/mol. The molecule has 1 unspecified atom stereocenters. The summed E-state index contributed by atoms with van der Waals surface area (Å²) in [6.45, 7) is 14.2. The molecule has 0 aliphatic carbocycles. The van der Waals surface area contributed by atoms with Gasteiger partial charge in [-0.3, -0.25) is 14.4 Å². The van der Waals surface area contributed by atoms with Crippen LogP contribution in [-0.2, 0) is 37.4 Å². The Morgan fingerprint density at radius 1 is 1.09 bits per heavy atom. The number of hydrogen-bond acceptors (Lipinski definition) is 8. The van der Waals surface area contributed by atoms with Gasteiger partial charge in [0, 0.05) is 45.7 Å². The first kappa shape index (κ1) is 43.5. The number of aryl methyl sites for hydroxylation is 1. The van der Waals surface area contributed by atoms with Crippen molar-refractivity contribution < 1.29 is 37.2 Å². The van der Waals surface area contributed by atoms with Gasteiger partial charge in [0.05, 0.1) is 17.2 Å². The van der Waals surface area contributed by atoms with Crippen LogP contribution in [0.1, 0.15) is 69.7 Å². The molecule has 47 heavy (non-hydrogen) atoms. The molecule has 1 aliphatic heterocycles. The molecule has 1 heterocycles. The van der Waals surface area contributed by atoms with E-state index in [2.05, 4.69) is 10.6 Å². The number of hydrogen-bond donors (Lipinski definition) is 6. The molecule has 0 aromatic heterocycles. The number of carbonyl (C=O) groups is 3. The fraction of sp³-hybridized carbons (Fsp3) is 0.531. The van der Waals surface area contributed by atoms with Crippen LogP contribution in [0.3, 0.4) is 0 Å². The number of fused-ring (bicyclic) bond motifs is 1. The number of nitrogens with one attached hydrogen (secondary N) is 2. The molecule has 0 bridgehead atoms. The minimum Gasteiger partial charge on any atom is -0.423 e. The monoisotopic (exact) mass is 668 g/mol. The highest BCUT2D eigenvalue weighted by molar-refractivity contribution is 6.61. The number of alkyl halides is 3. The highest BCUT2D eigenvalue weighted by atomic mass is 19.4. The Hall–Kier alpha value is -3.50. The summed E-state index contributed by atoms with van der Waals surface area (Å²) in [7, 11) is -0.849. The predicted octanol–water partition coefficient (Wildman–Crippen LogP) is 1.90. The molecule has 0 fully saturated rings. The molecule has 0 saturated carbocycles. The van der Waals surface area contributed by atoms with E-state index in [-0.39, 0.29) is 18.2 Å². The number of rotatable bonds is 12. The Morgan fingerprint density at radius 3 is 2.15 bits per heavy atom. The first-order valence-electron chi connectivity index (χ1n) is 15.6. The third-order valence-electron chi connectivity index (χ3n) is 6.71. The second-order valence-corrected chi connectivity index (χ2v) is 10.8. The molecule has 1 atom stereocenters. The summed E-state index contributed by atoms with van der Waals surface area (Å²) >= 11 is 0. The zero-order valence-corrected chi connectivity index (χ0v) is 28.3. The third-order valence-corrected chi connectivity index (χ3v) is 6.71. The summed E-state index contributed by atoms with van der Waals surface area (Å²) in [6, 6.07) is 10.1. The van der Waals surface area contributed by atoms with Gasteiger partial charge in [-0.25, -0.2) is 0 Å². The van der Waals surface area contributed by atoms with Crippen LogP contribution in [0.2, 0.25) is 0 Å². The van der Waals surface area contributed by atoms with Crippen molar-refractivity contribution in [3.8, 4) is 0 Å². The second kappa shape index (κ2) is 22.1. The Kier molecular flexibility index (Phi) is 20.5. The summed E-state index contributed by atoms with van der Waals surface area (Å²) in [5.74, 6) is -0.292. The normalized spacial score (nSPS) is 13.3. The molecule has 3 amide bonds. The van der Waals surface area contributed by atoms with Crippen LogP contribution in [0.15, 0.2) is 42.5 Å². The standard InChI is InChI=1S/C11H14BNO3.C11H25N5O2.C8H7F3.C2H6/c1-11(2)9-5-8(6-13-7-14)3-4-10(9)12(15)16-11;1-2-15-11(18)9(14)3-4-10(17)16(7-5-12)8-6-13;1-6-2-4-7(5-3-6)8(9,10)11;1-2/h3-5,7,15H,6H2,1-2H3,(H,13,14);9H,2-8,12-14H2,1H3,(H,15,18);2-5H,1H3;1-2H3. The van der Waals surface area contributed by atoms with Crippen molar-refractivity contribution in [2.24, 2.45) is 17.2 Å². The fourth-order valence-corrected chi connectivity index (χ4v) is 4.30. The van der Waals surface area contributed by atoms with E-state index in [4.69, 9.17) is 21.9 Å². The topological polar surface area (TPSA) is 186 Å². The lowest BCUT2D eigenvalue weighted by atomic mass is 9.78. The van der Waals surface area contributed by atoms with Gasteiger partial charge < -0.3 is 42.4 Å². The second-order valence-electron chi connectivity index (χ2n) is 10.8. The van der Waals surface area contributed by atoms with E-state index in [9.17, 15) is 32.6 Å². The van der Waals surface area contributed by atoms with Crippen molar-refractivity contribution in [1.29, 1.82) is 0 Å². The SMILES string of the molecule is CC.CC1(C)OB(O)c2ccc(CNC=O)cc21.CCNC(=O)C(N)CCC(=O)N(CCN)CCN.Cc1ccc(C(F)(F)F)cc1. The molecule has 0 radical (unpaired) electrons. The average Bonchev–Trinajstić information content (AvgIpc) is 3.26. The Balaban J connectivity index is 0.000000673. The first-order chi connectivity index (χ1) is 22.1. The number of amides is 3. The van der Waals surface area contributed by atoms with Crippen LogP contribution in [-0.4, -0.2) is 74.0 Å². The van der Waals surface area contributed by atoms with Crippen LogP contribution < -0.4 is 33.3 Å². The number of carbonyl (C=O) groups excluding carboxylic acids is 3. The maximum absolute atomic E-state index is 11.9. The Labute approximate surface area is 276 Å². The van der Waals surface area contributed by atoms with Crippen LogP contribution in [0.25, 0.3) is 0 Å². The number of benzene rings is 2. The maximum Gasteiger partial charge on any atom is 0.492 e. The largest absolute Gasteiger partial charge is 0.492 e. The van der Waals surface area contributed by atoms with Gasteiger partial charge in [0.25, 0.3) is 0 Å².